The van der Waals surface area contributed by atoms with Crippen LogP contribution in [-0.2, 0) is 0 Å². The molecule has 1 heterocycles. The fraction of sp³-hybridized carbons (Fsp3) is 0.0588. The zero-order valence-electron chi connectivity index (χ0n) is 12.6. The van der Waals surface area contributed by atoms with Crippen LogP contribution >= 0.6 is 11.6 Å². The molecule has 7 heteroatoms. The number of hydrogen-bond donors (Lipinski definition) is 2. The van der Waals surface area contributed by atoms with Crippen molar-refractivity contribution in [3.8, 4) is 5.75 Å². The van der Waals surface area contributed by atoms with E-state index in [1.54, 1.807) is 55.6 Å². The molecule has 0 atom stereocenters. The minimum absolute atomic E-state index is 0.0909. The molecule has 0 radical (unpaired) electrons. The van der Waals surface area contributed by atoms with E-state index >= 15 is 0 Å². The first-order valence-corrected chi connectivity index (χ1v) is 7.35. The second kappa shape index (κ2) is 6.64. The number of carbonyl (C=O) groups excluding carboxylic acids is 1. The Balaban J connectivity index is 2.03. The van der Waals surface area contributed by atoms with Crippen molar-refractivity contribution >= 4 is 34.2 Å². The maximum Gasteiger partial charge on any atom is 0.268 e. The number of nitrogens with one attached hydrogen (secondary N) is 1. The molecule has 6 nitrogen and oxygen atoms in total. The standard InChI is InChI=1S/C17H13ClN2O4/c1-23-13-6-7-15-10(8-13)9-14(17(20-22)24-15)16(21)19-12-4-2-11(18)3-5-12/h2-9,22H,1H3,(H,19,21)/b20-17+. The van der Waals surface area contributed by atoms with E-state index in [4.69, 9.17) is 26.0 Å². The normalized spacial score (nSPS) is 11.5. The number of carbonyl (C=O) groups is 1. The molecule has 122 valence electrons. The number of benzene rings is 2. The number of halogens is 1. The molecular formula is C17H13ClN2O4. The highest BCUT2D eigenvalue weighted by atomic mass is 35.5. The highest BCUT2D eigenvalue weighted by Crippen LogP contribution is 2.21. The van der Waals surface area contributed by atoms with Gasteiger partial charge in [-0.25, -0.2) is 0 Å². The lowest BCUT2D eigenvalue weighted by Crippen LogP contribution is -2.21. The highest BCUT2D eigenvalue weighted by molar-refractivity contribution is 6.30. The monoisotopic (exact) mass is 344 g/mol. The summed E-state index contributed by atoms with van der Waals surface area (Å²) in [6, 6.07) is 13.3. The zero-order chi connectivity index (χ0) is 17.1. The van der Waals surface area contributed by atoms with E-state index in [1.807, 2.05) is 0 Å². The van der Waals surface area contributed by atoms with Crippen LogP contribution in [0.4, 0.5) is 5.69 Å². The summed E-state index contributed by atoms with van der Waals surface area (Å²) in [5.41, 5.74) is 0.929. The van der Waals surface area contributed by atoms with Crippen molar-refractivity contribution in [2.75, 3.05) is 12.4 Å². The van der Waals surface area contributed by atoms with Crippen LogP contribution in [0.15, 0.2) is 58.1 Å². The molecule has 0 aliphatic carbocycles. The van der Waals surface area contributed by atoms with Gasteiger partial charge in [0.05, 0.1) is 7.11 Å². The largest absolute Gasteiger partial charge is 0.497 e. The molecule has 1 amide bonds. The van der Waals surface area contributed by atoms with Crippen LogP contribution in [0.1, 0.15) is 10.4 Å². The molecule has 24 heavy (non-hydrogen) atoms. The van der Waals surface area contributed by atoms with E-state index in [0.29, 0.717) is 27.4 Å². The lowest BCUT2D eigenvalue weighted by Gasteiger charge is -2.07. The van der Waals surface area contributed by atoms with Crippen LogP contribution in [0.25, 0.3) is 11.0 Å². The Morgan fingerprint density at radius 1 is 1.21 bits per heavy atom. The number of amides is 1. The SMILES string of the molecule is COc1ccc2o/c(=N/O)c(C(=O)Nc3ccc(Cl)cc3)cc2c1. The van der Waals surface area contributed by atoms with Crippen LogP contribution in [-0.4, -0.2) is 18.2 Å². The molecule has 3 aromatic rings. The molecule has 0 fully saturated rings. The molecular weight excluding hydrogens is 332 g/mol. The minimum Gasteiger partial charge on any atom is -0.497 e. The van der Waals surface area contributed by atoms with Crippen LogP contribution in [0.3, 0.4) is 0 Å². The Morgan fingerprint density at radius 3 is 2.62 bits per heavy atom. The Bertz CT molecular complexity index is 964. The molecule has 3 rings (SSSR count). The smallest absolute Gasteiger partial charge is 0.268 e. The Morgan fingerprint density at radius 2 is 1.96 bits per heavy atom. The number of ether oxygens (including phenoxy) is 1. The number of nitrogens with zero attached hydrogens (tertiary/aromatic N) is 1. The third-order valence-electron chi connectivity index (χ3n) is 3.39. The topological polar surface area (TPSA) is 84.1 Å². The van der Waals surface area contributed by atoms with Gasteiger partial charge in [0.15, 0.2) is 0 Å². The second-order valence-corrected chi connectivity index (χ2v) is 5.37. The fourth-order valence-corrected chi connectivity index (χ4v) is 2.33. The number of rotatable bonds is 3. The summed E-state index contributed by atoms with van der Waals surface area (Å²) >= 11 is 5.82. The van der Waals surface area contributed by atoms with Crippen molar-refractivity contribution in [3.05, 3.63) is 64.7 Å². The molecule has 0 spiro atoms. The molecule has 0 aliphatic heterocycles. The van der Waals surface area contributed by atoms with Gasteiger partial charge in [0, 0.05) is 16.1 Å². The van der Waals surface area contributed by atoms with E-state index in [0.717, 1.165) is 0 Å². The van der Waals surface area contributed by atoms with Crippen LogP contribution < -0.4 is 15.6 Å². The van der Waals surface area contributed by atoms with Crippen molar-refractivity contribution in [1.82, 2.24) is 0 Å². The molecule has 2 N–H and O–H groups in total. The average molecular weight is 345 g/mol. The number of fused-ring (bicyclic) bond motifs is 1. The van der Waals surface area contributed by atoms with Crippen molar-refractivity contribution < 1.29 is 19.2 Å². The second-order valence-electron chi connectivity index (χ2n) is 4.93. The van der Waals surface area contributed by atoms with Gasteiger partial charge in [-0.3, -0.25) is 4.79 Å². The maximum atomic E-state index is 12.5. The molecule has 0 unspecified atom stereocenters. The molecule has 2 aromatic carbocycles. The van der Waals surface area contributed by atoms with Gasteiger partial charge in [0.1, 0.15) is 16.9 Å². The summed E-state index contributed by atoms with van der Waals surface area (Å²) in [5, 5.41) is 16.1. The highest BCUT2D eigenvalue weighted by Gasteiger charge is 2.13. The Labute approximate surface area is 141 Å². The van der Waals surface area contributed by atoms with E-state index in [1.165, 1.54) is 0 Å². The summed E-state index contributed by atoms with van der Waals surface area (Å²) in [5.74, 6) is 0.147. The van der Waals surface area contributed by atoms with Gasteiger partial charge < -0.3 is 19.7 Å². The molecule has 0 saturated carbocycles. The summed E-state index contributed by atoms with van der Waals surface area (Å²) in [4.78, 5) is 12.5. The quantitative estimate of drug-likeness (QED) is 0.561. The average Bonchev–Trinajstić information content (AvgIpc) is 2.61. The molecule has 0 aliphatic rings. The van der Waals surface area contributed by atoms with Gasteiger partial charge in [0.2, 0.25) is 0 Å². The van der Waals surface area contributed by atoms with Gasteiger partial charge in [-0.1, -0.05) is 11.6 Å². The van der Waals surface area contributed by atoms with Crippen molar-refractivity contribution in [2.24, 2.45) is 5.16 Å². The maximum absolute atomic E-state index is 12.5. The van der Waals surface area contributed by atoms with E-state index in [9.17, 15) is 4.79 Å². The molecule has 1 aromatic heterocycles. The number of methoxy groups -OCH3 is 1. The van der Waals surface area contributed by atoms with Crippen molar-refractivity contribution in [3.63, 3.8) is 0 Å². The molecule has 0 saturated heterocycles. The summed E-state index contributed by atoms with van der Waals surface area (Å²) in [6.07, 6.45) is 0. The number of anilines is 1. The van der Waals surface area contributed by atoms with Crippen molar-refractivity contribution in [2.45, 2.75) is 0 Å². The third kappa shape index (κ3) is 3.18. The first-order chi connectivity index (χ1) is 11.6. The number of hydrogen-bond acceptors (Lipinski definition) is 5. The lowest BCUT2D eigenvalue weighted by molar-refractivity contribution is 0.102. The lowest BCUT2D eigenvalue weighted by atomic mass is 10.1. The van der Waals surface area contributed by atoms with Gasteiger partial charge in [-0.2, -0.15) is 0 Å². The Kier molecular flexibility index (Phi) is 4.39. The minimum atomic E-state index is -0.474. The fourth-order valence-electron chi connectivity index (χ4n) is 2.20. The first-order valence-electron chi connectivity index (χ1n) is 6.97. The van der Waals surface area contributed by atoms with Crippen LogP contribution in [0, 0.1) is 0 Å². The Hall–Kier alpha value is -2.99. The summed E-state index contributed by atoms with van der Waals surface area (Å²) < 4.78 is 10.6. The van der Waals surface area contributed by atoms with Crippen LogP contribution in [0.5, 0.6) is 5.75 Å². The zero-order valence-corrected chi connectivity index (χ0v) is 13.4. The van der Waals surface area contributed by atoms with Crippen molar-refractivity contribution in [1.29, 1.82) is 0 Å². The molecule has 0 bridgehead atoms. The predicted octanol–water partition coefficient (Wildman–Crippen LogP) is 3.64. The van der Waals surface area contributed by atoms with E-state index in [2.05, 4.69) is 10.5 Å². The summed E-state index contributed by atoms with van der Waals surface area (Å²) in [7, 11) is 1.55. The third-order valence-corrected chi connectivity index (χ3v) is 3.64. The van der Waals surface area contributed by atoms with Gasteiger partial charge in [-0.05, 0) is 53.7 Å². The first kappa shape index (κ1) is 15.9. The predicted molar refractivity (Wildman–Crippen MR) is 89.5 cm³/mol. The van der Waals surface area contributed by atoms with Gasteiger partial charge in [-0.15, -0.1) is 0 Å². The summed E-state index contributed by atoms with van der Waals surface area (Å²) in [6.45, 7) is 0. The van der Waals surface area contributed by atoms with Gasteiger partial charge >= 0.3 is 0 Å². The van der Waals surface area contributed by atoms with Gasteiger partial charge in [0.25, 0.3) is 11.5 Å². The van der Waals surface area contributed by atoms with Crippen LogP contribution in [0.2, 0.25) is 5.02 Å². The van der Waals surface area contributed by atoms with E-state index in [-0.39, 0.29) is 11.1 Å². The van der Waals surface area contributed by atoms with E-state index < -0.39 is 5.91 Å².